The molecule has 1 N–H and O–H groups in total. The van der Waals surface area contributed by atoms with Crippen LogP contribution in [0.5, 0.6) is 11.5 Å². The minimum absolute atomic E-state index is 0.112. The second-order valence-corrected chi connectivity index (χ2v) is 5.83. The number of benzene rings is 2. The molecule has 126 valence electrons. The zero-order valence-corrected chi connectivity index (χ0v) is 15.2. The van der Waals surface area contributed by atoms with Gasteiger partial charge in [0.25, 0.3) is 5.91 Å². The number of halogens is 1. The molecular weight excluding hydrogens is 372 g/mol. The Morgan fingerprint density at radius 1 is 1.29 bits per heavy atom. The largest absolute Gasteiger partial charge is 0.497 e. The first-order valence-electron chi connectivity index (χ1n) is 7.49. The molecule has 0 spiro atoms. The van der Waals surface area contributed by atoms with Crippen molar-refractivity contribution in [2.24, 2.45) is 5.10 Å². The van der Waals surface area contributed by atoms with E-state index in [1.54, 1.807) is 13.3 Å². The molecule has 0 fully saturated rings. The van der Waals surface area contributed by atoms with Crippen molar-refractivity contribution in [3.8, 4) is 11.5 Å². The van der Waals surface area contributed by atoms with Crippen LogP contribution in [0, 0.1) is 0 Å². The van der Waals surface area contributed by atoms with Crippen molar-refractivity contribution >= 4 is 28.1 Å². The Kier molecular flexibility index (Phi) is 6.81. The summed E-state index contributed by atoms with van der Waals surface area (Å²) in [4.78, 5) is 11.8. The summed E-state index contributed by atoms with van der Waals surface area (Å²) in [5.74, 6) is 1.02. The number of rotatable bonds is 7. The van der Waals surface area contributed by atoms with E-state index in [0.717, 1.165) is 22.2 Å². The van der Waals surface area contributed by atoms with E-state index >= 15 is 0 Å². The minimum atomic E-state index is -0.333. The molecule has 0 aliphatic carbocycles. The van der Waals surface area contributed by atoms with E-state index in [-0.39, 0.29) is 12.5 Å². The van der Waals surface area contributed by atoms with Gasteiger partial charge < -0.3 is 9.47 Å². The van der Waals surface area contributed by atoms with Gasteiger partial charge in [-0.15, -0.1) is 0 Å². The fourth-order valence-electron chi connectivity index (χ4n) is 1.96. The molecule has 0 saturated carbocycles. The van der Waals surface area contributed by atoms with E-state index in [1.807, 2.05) is 42.5 Å². The van der Waals surface area contributed by atoms with Crippen LogP contribution < -0.4 is 14.9 Å². The lowest BCUT2D eigenvalue weighted by Gasteiger charge is -2.08. The number of methoxy groups -OCH3 is 1. The van der Waals surface area contributed by atoms with Crippen LogP contribution in [-0.4, -0.2) is 25.8 Å². The summed E-state index contributed by atoms with van der Waals surface area (Å²) in [7, 11) is 1.60. The predicted molar refractivity (Wildman–Crippen MR) is 97.7 cm³/mol. The standard InChI is InChI=1S/C18H19BrN2O3/c1-3-13-7-8-17(16(19)10-13)24-12-18(22)21-20-11-14-5-4-6-15(9-14)23-2/h4-11H,3,12H2,1-2H3,(H,21,22)/b20-11+. The molecule has 0 bridgehead atoms. The second-order valence-electron chi connectivity index (χ2n) is 4.98. The molecule has 2 aromatic rings. The Hall–Kier alpha value is -2.34. The number of nitrogens with one attached hydrogen (secondary N) is 1. The minimum Gasteiger partial charge on any atom is -0.497 e. The highest BCUT2D eigenvalue weighted by Crippen LogP contribution is 2.26. The molecule has 2 rings (SSSR count). The number of aryl methyl sites for hydroxylation is 1. The van der Waals surface area contributed by atoms with Crippen LogP contribution in [0.15, 0.2) is 52.0 Å². The van der Waals surface area contributed by atoms with Gasteiger partial charge in [-0.1, -0.05) is 25.1 Å². The van der Waals surface area contributed by atoms with Gasteiger partial charge in [-0.05, 0) is 57.7 Å². The van der Waals surface area contributed by atoms with Crippen LogP contribution in [0.3, 0.4) is 0 Å². The summed E-state index contributed by atoms with van der Waals surface area (Å²) in [6.07, 6.45) is 2.49. The lowest BCUT2D eigenvalue weighted by molar-refractivity contribution is -0.123. The van der Waals surface area contributed by atoms with Crippen LogP contribution in [0.1, 0.15) is 18.1 Å². The fraction of sp³-hybridized carbons (Fsp3) is 0.222. The zero-order chi connectivity index (χ0) is 17.4. The first-order chi connectivity index (χ1) is 11.6. The number of amides is 1. The van der Waals surface area contributed by atoms with Gasteiger partial charge in [0.1, 0.15) is 11.5 Å². The molecule has 0 unspecified atom stereocenters. The Bertz CT molecular complexity index is 732. The lowest BCUT2D eigenvalue weighted by Crippen LogP contribution is -2.24. The van der Waals surface area contributed by atoms with Gasteiger partial charge >= 0.3 is 0 Å². The number of nitrogens with zero attached hydrogens (tertiary/aromatic N) is 1. The van der Waals surface area contributed by atoms with E-state index in [0.29, 0.717) is 5.75 Å². The average Bonchev–Trinajstić information content (AvgIpc) is 2.60. The van der Waals surface area contributed by atoms with Gasteiger partial charge in [0.05, 0.1) is 17.8 Å². The van der Waals surface area contributed by atoms with E-state index in [2.05, 4.69) is 33.4 Å². The quantitative estimate of drug-likeness (QED) is 0.580. The number of ether oxygens (including phenoxy) is 2. The zero-order valence-electron chi connectivity index (χ0n) is 13.6. The van der Waals surface area contributed by atoms with Gasteiger partial charge in [-0.2, -0.15) is 5.10 Å². The van der Waals surface area contributed by atoms with Crippen molar-refractivity contribution in [2.75, 3.05) is 13.7 Å². The third-order valence-electron chi connectivity index (χ3n) is 3.26. The summed E-state index contributed by atoms with van der Waals surface area (Å²) < 4.78 is 11.4. The Labute approximate surface area is 149 Å². The first-order valence-corrected chi connectivity index (χ1v) is 8.29. The number of hydrazone groups is 1. The molecule has 2 aromatic carbocycles. The monoisotopic (exact) mass is 390 g/mol. The van der Waals surface area contributed by atoms with Crippen LogP contribution in [-0.2, 0) is 11.2 Å². The highest BCUT2D eigenvalue weighted by Gasteiger charge is 2.05. The Balaban J connectivity index is 1.84. The second kappa shape index (κ2) is 9.08. The van der Waals surface area contributed by atoms with Crippen LogP contribution in [0.25, 0.3) is 0 Å². The Morgan fingerprint density at radius 2 is 2.12 bits per heavy atom. The van der Waals surface area contributed by atoms with Gasteiger partial charge in [0, 0.05) is 0 Å². The maximum atomic E-state index is 11.8. The maximum absolute atomic E-state index is 11.8. The van der Waals surface area contributed by atoms with Crippen molar-refractivity contribution in [1.82, 2.24) is 5.43 Å². The molecule has 0 heterocycles. The molecule has 0 radical (unpaired) electrons. The maximum Gasteiger partial charge on any atom is 0.277 e. The molecule has 6 heteroatoms. The highest BCUT2D eigenvalue weighted by atomic mass is 79.9. The van der Waals surface area contributed by atoms with Crippen LogP contribution >= 0.6 is 15.9 Å². The van der Waals surface area contributed by atoms with Crippen molar-refractivity contribution < 1.29 is 14.3 Å². The summed E-state index contributed by atoms with van der Waals surface area (Å²) in [5, 5.41) is 3.91. The third-order valence-corrected chi connectivity index (χ3v) is 3.88. The number of hydrogen-bond donors (Lipinski definition) is 1. The van der Waals surface area contributed by atoms with Crippen molar-refractivity contribution in [3.63, 3.8) is 0 Å². The molecule has 0 aliphatic rings. The van der Waals surface area contributed by atoms with Crippen molar-refractivity contribution in [3.05, 3.63) is 58.1 Å². The van der Waals surface area contributed by atoms with Gasteiger partial charge in [-0.3, -0.25) is 4.79 Å². The van der Waals surface area contributed by atoms with E-state index < -0.39 is 0 Å². The molecule has 0 saturated heterocycles. The van der Waals surface area contributed by atoms with Crippen molar-refractivity contribution in [2.45, 2.75) is 13.3 Å². The fourth-order valence-corrected chi connectivity index (χ4v) is 2.50. The van der Waals surface area contributed by atoms with Crippen LogP contribution in [0.4, 0.5) is 0 Å². The lowest BCUT2D eigenvalue weighted by atomic mass is 10.2. The predicted octanol–water partition coefficient (Wildman–Crippen LogP) is 3.55. The van der Waals surface area contributed by atoms with E-state index in [4.69, 9.17) is 9.47 Å². The topological polar surface area (TPSA) is 59.9 Å². The highest BCUT2D eigenvalue weighted by molar-refractivity contribution is 9.10. The van der Waals surface area contributed by atoms with Crippen LogP contribution in [0.2, 0.25) is 0 Å². The summed E-state index contributed by atoms with van der Waals surface area (Å²) >= 11 is 3.44. The van der Waals surface area contributed by atoms with Gasteiger partial charge in [-0.25, -0.2) is 5.43 Å². The molecule has 0 atom stereocenters. The van der Waals surface area contributed by atoms with Gasteiger partial charge in [0.2, 0.25) is 0 Å². The average molecular weight is 391 g/mol. The number of hydrogen-bond acceptors (Lipinski definition) is 4. The van der Waals surface area contributed by atoms with Crippen molar-refractivity contribution in [1.29, 1.82) is 0 Å². The summed E-state index contributed by atoms with van der Waals surface area (Å²) in [6.45, 7) is 1.97. The number of carbonyl (C=O) groups is 1. The third kappa shape index (κ3) is 5.38. The van der Waals surface area contributed by atoms with E-state index in [9.17, 15) is 4.79 Å². The molecule has 24 heavy (non-hydrogen) atoms. The summed E-state index contributed by atoms with van der Waals surface area (Å²) in [5.41, 5.74) is 4.45. The molecule has 1 amide bonds. The first kappa shape index (κ1) is 18.0. The molecule has 5 nitrogen and oxygen atoms in total. The smallest absolute Gasteiger partial charge is 0.277 e. The van der Waals surface area contributed by atoms with E-state index in [1.165, 1.54) is 5.56 Å². The molecule has 0 aliphatic heterocycles. The van der Waals surface area contributed by atoms with Gasteiger partial charge in [0.15, 0.2) is 6.61 Å². The molecular formula is C18H19BrN2O3. The normalized spacial score (nSPS) is 10.6. The SMILES string of the molecule is CCc1ccc(OCC(=O)N/N=C/c2cccc(OC)c2)c(Br)c1. The Morgan fingerprint density at radius 3 is 2.83 bits per heavy atom. The number of carbonyl (C=O) groups excluding carboxylic acids is 1. The molecule has 0 aromatic heterocycles. The summed E-state index contributed by atoms with van der Waals surface area (Å²) in [6, 6.07) is 13.2.